The summed E-state index contributed by atoms with van der Waals surface area (Å²) in [5, 5.41) is 8.61. The lowest BCUT2D eigenvalue weighted by molar-refractivity contribution is 0.622. The van der Waals surface area contributed by atoms with E-state index in [9.17, 15) is 4.39 Å². The largest absolute Gasteiger partial charge is 0.397 e. The first-order valence-electron chi connectivity index (χ1n) is 3.81. The fraction of sp³-hybridized carbons (Fsp3) is 0.222. The second-order valence-corrected chi connectivity index (χ2v) is 2.86. The van der Waals surface area contributed by atoms with Crippen LogP contribution in [0.3, 0.4) is 0 Å². The summed E-state index contributed by atoms with van der Waals surface area (Å²) in [4.78, 5) is 0. The van der Waals surface area contributed by atoms with Gasteiger partial charge in [-0.25, -0.2) is 4.39 Å². The second kappa shape index (κ2) is 3.42. The molecule has 4 heteroatoms. The summed E-state index contributed by atoms with van der Waals surface area (Å²) in [7, 11) is 0. The van der Waals surface area contributed by atoms with Gasteiger partial charge in [-0.3, -0.25) is 0 Å². The molecule has 68 valence electrons. The van der Waals surface area contributed by atoms with Crippen LogP contribution in [0.5, 0.6) is 0 Å². The summed E-state index contributed by atoms with van der Waals surface area (Å²) < 4.78 is 12.9. The van der Waals surface area contributed by atoms with Gasteiger partial charge in [0.15, 0.2) is 0 Å². The van der Waals surface area contributed by atoms with Gasteiger partial charge in [-0.05, 0) is 24.6 Å². The van der Waals surface area contributed by atoms with Gasteiger partial charge in [0, 0.05) is 6.04 Å². The third-order valence-electron chi connectivity index (χ3n) is 1.79. The van der Waals surface area contributed by atoms with E-state index in [1.54, 1.807) is 6.92 Å². The Bertz CT molecular complexity index is 366. The van der Waals surface area contributed by atoms with Crippen LogP contribution >= 0.6 is 0 Å². The van der Waals surface area contributed by atoms with Crippen LogP contribution in [0.4, 0.5) is 10.1 Å². The Kier molecular flexibility index (Phi) is 2.49. The third-order valence-corrected chi connectivity index (χ3v) is 1.79. The summed E-state index contributed by atoms with van der Waals surface area (Å²) in [6.07, 6.45) is 0. The van der Waals surface area contributed by atoms with E-state index in [0.29, 0.717) is 5.56 Å². The monoisotopic (exact) mass is 179 g/mol. The molecular weight excluding hydrogens is 169 g/mol. The molecule has 1 rings (SSSR count). The minimum atomic E-state index is -0.488. The molecule has 0 spiro atoms. The van der Waals surface area contributed by atoms with Crippen molar-refractivity contribution < 1.29 is 4.39 Å². The van der Waals surface area contributed by atoms with E-state index in [-0.39, 0.29) is 17.3 Å². The van der Waals surface area contributed by atoms with Gasteiger partial charge in [-0.15, -0.1) is 0 Å². The summed E-state index contributed by atoms with van der Waals surface area (Å²) >= 11 is 0. The first kappa shape index (κ1) is 9.49. The lowest BCUT2D eigenvalue weighted by atomic mass is 10.0. The van der Waals surface area contributed by atoms with Crippen LogP contribution in [0.2, 0.25) is 0 Å². The molecule has 0 saturated carbocycles. The predicted molar refractivity (Wildman–Crippen MR) is 48.1 cm³/mol. The summed E-state index contributed by atoms with van der Waals surface area (Å²) in [6.45, 7) is 1.69. The van der Waals surface area contributed by atoms with Crippen LogP contribution in [0.25, 0.3) is 0 Å². The van der Waals surface area contributed by atoms with Gasteiger partial charge in [0.25, 0.3) is 0 Å². The Morgan fingerprint density at radius 2 is 2.15 bits per heavy atom. The average Bonchev–Trinajstić information content (AvgIpc) is 2.08. The number of hydrogen-bond donors (Lipinski definition) is 2. The number of hydrogen-bond acceptors (Lipinski definition) is 3. The van der Waals surface area contributed by atoms with Crippen LogP contribution in [0.1, 0.15) is 24.1 Å². The number of nitriles is 1. The summed E-state index contributed by atoms with van der Waals surface area (Å²) in [5.41, 5.74) is 12.0. The molecule has 0 aromatic heterocycles. The van der Waals surface area contributed by atoms with E-state index in [0.717, 1.165) is 6.07 Å². The van der Waals surface area contributed by atoms with Gasteiger partial charge in [0.2, 0.25) is 0 Å². The molecule has 0 aliphatic heterocycles. The number of nitrogens with zero attached hydrogens (tertiary/aromatic N) is 1. The molecule has 3 nitrogen and oxygen atoms in total. The Morgan fingerprint density at radius 1 is 1.54 bits per heavy atom. The standard InChI is InChI=1S/C9H10FN3/c1-5(12)8-3-7(10)2-6(4-11)9(8)13/h2-3,5H,12-13H2,1H3/t5-/m1/s1. The van der Waals surface area contributed by atoms with Crippen molar-refractivity contribution in [3.8, 4) is 6.07 Å². The number of nitrogen functional groups attached to an aromatic ring is 1. The predicted octanol–water partition coefficient (Wildman–Crippen LogP) is 1.30. The molecule has 1 atom stereocenters. The first-order chi connectivity index (χ1) is 6.06. The summed E-state index contributed by atoms with van der Waals surface area (Å²) in [5.74, 6) is -0.488. The number of nitrogens with two attached hydrogens (primary N) is 2. The first-order valence-corrected chi connectivity index (χ1v) is 3.81. The Hall–Kier alpha value is -1.60. The molecular formula is C9H10FN3. The van der Waals surface area contributed by atoms with Crippen molar-refractivity contribution in [2.24, 2.45) is 5.73 Å². The van der Waals surface area contributed by atoms with Crippen molar-refractivity contribution in [3.63, 3.8) is 0 Å². The zero-order valence-corrected chi connectivity index (χ0v) is 7.21. The third kappa shape index (κ3) is 1.76. The van der Waals surface area contributed by atoms with E-state index < -0.39 is 5.82 Å². The molecule has 0 aliphatic rings. The smallest absolute Gasteiger partial charge is 0.125 e. The lowest BCUT2D eigenvalue weighted by Gasteiger charge is -2.10. The normalized spacial score (nSPS) is 12.2. The SMILES string of the molecule is C[C@@H](N)c1cc(F)cc(C#N)c1N. The number of benzene rings is 1. The van der Waals surface area contributed by atoms with Crippen molar-refractivity contribution in [2.45, 2.75) is 13.0 Å². The lowest BCUT2D eigenvalue weighted by Crippen LogP contribution is -2.09. The highest BCUT2D eigenvalue weighted by molar-refractivity contribution is 5.60. The highest BCUT2D eigenvalue weighted by Gasteiger charge is 2.10. The number of anilines is 1. The van der Waals surface area contributed by atoms with E-state index in [1.807, 2.05) is 6.07 Å². The quantitative estimate of drug-likeness (QED) is 0.638. The molecule has 0 heterocycles. The van der Waals surface area contributed by atoms with E-state index >= 15 is 0 Å². The highest BCUT2D eigenvalue weighted by Crippen LogP contribution is 2.23. The van der Waals surface area contributed by atoms with Gasteiger partial charge in [-0.2, -0.15) is 5.26 Å². The molecule has 0 aliphatic carbocycles. The van der Waals surface area contributed by atoms with Crippen molar-refractivity contribution in [1.29, 1.82) is 5.26 Å². The molecule has 0 amide bonds. The molecule has 0 unspecified atom stereocenters. The van der Waals surface area contributed by atoms with E-state index in [4.69, 9.17) is 16.7 Å². The molecule has 0 radical (unpaired) electrons. The molecule has 0 bridgehead atoms. The molecule has 0 fully saturated rings. The molecule has 1 aromatic carbocycles. The number of rotatable bonds is 1. The van der Waals surface area contributed by atoms with Gasteiger partial charge in [0.1, 0.15) is 11.9 Å². The second-order valence-electron chi connectivity index (χ2n) is 2.86. The van der Waals surface area contributed by atoms with Crippen LogP contribution in [0.15, 0.2) is 12.1 Å². The summed E-state index contributed by atoms with van der Waals surface area (Å²) in [6, 6.07) is 3.79. The molecule has 1 aromatic rings. The Morgan fingerprint density at radius 3 is 2.62 bits per heavy atom. The van der Waals surface area contributed by atoms with Gasteiger partial charge in [0.05, 0.1) is 11.3 Å². The van der Waals surface area contributed by atoms with Crippen molar-refractivity contribution in [1.82, 2.24) is 0 Å². The van der Waals surface area contributed by atoms with Crippen LogP contribution < -0.4 is 11.5 Å². The maximum Gasteiger partial charge on any atom is 0.125 e. The Labute approximate surface area is 75.8 Å². The highest BCUT2D eigenvalue weighted by atomic mass is 19.1. The average molecular weight is 179 g/mol. The van der Waals surface area contributed by atoms with E-state index in [1.165, 1.54) is 6.07 Å². The maximum atomic E-state index is 12.9. The minimum absolute atomic E-state index is 0.132. The fourth-order valence-electron chi connectivity index (χ4n) is 1.11. The zero-order valence-electron chi connectivity index (χ0n) is 7.21. The molecule has 0 saturated heterocycles. The van der Waals surface area contributed by atoms with Crippen LogP contribution in [-0.4, -0.2) is 0 Å². The zero-order chi connectivity index (χ0) is 10.0. The fourth-order valence-corrected chi connectivity index (χ4v) is 1.11. The maximum absolute atomic E-state index is 12.9. The Balaban J connectivity index is 3.38. The van der Waals surface area contributed by atoms with Crippen LogP contribution in [-0.2, 0) is 0 Å². The minimum Gasteiger partial charge on any atom is -0.397 e. The molecule has 4 N–H and O–H groups in total. The van der Waals surface area contributed by atoms with Crippen LogP contribution in [0, 0.1) is 17.1 Å². The van der Waals surface area contributed by atoms with Gasteiger partial charge in [-0.1, -0.05) is 0 Å². The van der Waals surface area contributed by atoms with E-state index in [2.05, 4.69) is 0 Å². The van der Waals surface area contributed by atoms with Gasteiger partial charge < -0.3 is 11.5 Å². The van der Waals surface area contributed by atoms with Crippen molar-refractivity contribution >= 4 is 5.69 Å². The molecule has 13 heavy (non-hydrogen) atoms. The van der Waals surface area contributed by atoms with Crippen molar-refractivity contribution in [3.05, 3.63) is 29.1 Å². The van der Waals surface area contributed by atoms with Crippen molar-refractivity contribution in [2.75, 3.05) is 5.73 Å². The number of halogens is 1. The topological polar surface area (TPSA) is 75.8 Å². The van der Waals surface area contributed by atoms with Gasteiger partial charge >= 0.3 is 0 Å².